The standard InChI is InChI=1S/C17H23N3O.2ClH/c18-12-14-6-3-7-15(17(14)21)16(13-4-1-2-5-13)20-10-8-19-9-11-20;;/h3,6-7,13,16,19,21H,1-2,4-5,8-11H2;2*1H/t16-;;/m0../s1. The first-order valence-corrected chi connectivity index (χ1v) is 7.98. The van der Waals surface area contributed by atoms with Crippen molar-refractivity contribution in [1.29, 1.82) is 5.26 Å². The van der Waals surface area contributed by atoms with Gasteiger partial charge in [0.05, 0.1) is 5.56 Å². The van der Waals surface area contributed by atoms with Crippen molar-refractivity contribution in [2.24, 2.45) is 5.92 Å². The van der Waals surface area contributed by atoms with Gasteiger partial charge in [-0.3, -0.25) is 4.90 Å². The van der Waals surface area contributed by atoms with E-state index in [0.717, 1.165) is 31.7 Å². The molecule has 2 fully saturated rings. The summed E-state index contributed by atoms with van der Waals surface area (Å²) in [7, 11) is 0. The molecule has 1 heterocycles. The van der Waals surface area contributed by atoms with Crippen LogP contribution in [0.3, 0.4) is 0 Å². The molecule has 0 spiro atoms. The van der Waals surface area contributed by atoms with Crippen LogP contribution in [0.1, 0.15) is 42.9 Å². The van der Waals surface area contributed by atoms with Crippen LogP contribution in [0.15, 0.2) is 18.2 Å². The molecule has 1 saturated carbocycles. The van der Waals surface area contributed by atoms with Gasteiger partial charge in [-0.2, -0.15) is 5.26 Å². The average molecular weight is 358 g/mol. The summed E-state index contributed by atoms with van der Waals surface area (Å²) in [4.78, 5) is 2.49. The minimum Gasteiger partial charge on any atom is -0.506 e. The van der Waals surface area contributed by atoms with E-state index in [9.17, 15) is 5.11 Å². The Hall–Kier alpha value is -0.990. The topological polar surface area (TPSA) is 59.3 Å². The summed E-state index contributed by atoms with van der Waals surface area (Å²) in [5.41, 5.74) is 1.34. The van der Waals surface area contributed by atoms with Gasteiger partial charge in [0, 0.05) is 37.8 Å². The van der Waals surface area contributed by atoms with Gasteiger partial charge in [0.25, 0.3) is 0 Å². The van der Waals surface area contributed by atoms with Crippen molar-refractivity contribution in [2.45, 2.75) is 31.7 Å². The van der Waals surface area contributed by atoms with Crippen LogP contribution in [0.2, 0.25) is 0 Å². The Balaban J connectivity index is 0.00000132. The van der Waals surface area contributed by atoms with Crippen molar-refractivity contribution in [3.8, 4) is 11.8 Å². The number of para-hydroxylation sites is 1. The molecular formula is C17H25Cl2N3O. The van der Waals surface area contributed by atoms with Crippen LogP contribution in [0.4, 0.5) is 0 Å². The molecule has 1 aromatic rings. The molecule has 0 unspecified atom stereocenters. The number of hydrogen-bond donors (Lipinski definition) is 2. The van der Waals surface area contributed by atoms with E-state index in [1.165, 1.54) is 25.7 Å². The van der Waals surface area contributed by atoms with Crippen LogP contribution in [0.5, 0.6) is 5.75 Å². The fraction of sp³-hybridized carbons (Fsp3) is 0.588. The number of nitrogens with one attached hydrogen (secondary N) is 1. The Morgan fingerprint density at radius 1 is 1.17 bits per heavy atom. The molecule has 3 rings (SSSR count). The van der Waals surface area contributed by atoms with Crippen molar-refractivity contribution >= 4 is 24.8 Å². The predicted molar refractivity (Wildman–Crippen MR) is 96.5 cm³/mol. The summed E-state index contributed by atoms with van der Waals surface area (Å²) >= 11 is 0. The first-order valence-electron chi connectivity index (χ1n) is 7.98. The number of hydrogen-bond acceptors (Lipinski definition) is 4. The molecule has 0 amide bonds. The Morgan fingerprint density at radius 3 is 2.43 bits per heavy atom. The lowest BCUT2D eigenvalue weighted by Crippen LogP contribution is -2.46. The highest BCUT2D eigenvalue weighted by molar-refractivity contribution is 5.85. The molecule has 2 N–H and O–H groups in total. The maximum Gasteiger partial charge on any atom is 0.138 e. The van der Waals surface area contributed by atoms with Crippen LogP contribution < -0.4 is 5.32 Å². The monoisotopic (exact) mass is 357 g/mol. The van der Waals surface area contributed by atoms with Gasteiger partial charge in [0.15, 0.2) is 0 Å². The Kier molecular flexibility index (Phi) is 8.15. The minimum absolute atomic E-state index is 0. The molecule has 2 aliphatic rings. The van der Waals surface area contributed by atoms with Crippen LogP contribution in [0.25, 0.3) is 0 Å². The highest BCUT2D eigenvalue weighted by Gasteiger charge is 2.33. The van der Waals surface area contributed by atoms with Crippen molar-refractivity contribution < 1.29 is 5.11 Å². The quantitative estimate of drug-likeness (QED) is 0.871. The zero-order valence-electron chi connectivity index (χ0n) is 13.2. The second-order valence-electron chi connectivity index (χ2n) is 6.13. The number of benzene rings is 1. The van der Waals surface area contributed by atoms with Crippen molar-refractivity contribution in [1.82, 2.24) is 10.2 Å². The minimum atomic E-state index is 0. The third-order valence-electron chi connectivity index (χ3n) is 4.90. The number of nitriles is 1. The third kappa shape index (κ3) is 4.30. The first kappa shape index (κ1) is 20.1. The summed E-state index contributed by atoms with van der Waals surface area (Å²) in [5.74, 6) is 0.790. The van der Waals surface area contributed by atoms with Gasteiger partial charge in [-0.1, -0.05) is 25.0 Å². The smallest absolute Gasteiger partial charge is 0.138 e. The molecule has 1 atom stereocenters. The number of piperazine rings is 1. The van der Waals surface area contributed by atoms with E-state index >= 15 is 0 Å². The number of halogens is 2. The van der Waals surface area contributed by atoms with Crippen LogP contribution in [-0.4, -0.2) is 36.2 Å². The maximum atomic E-state index is 10.5. The van der Waals surface area contributed by atoms with Crippen molar-refractivity contribution in [3.63, 3.8) is 0 Å². The van der Waals surface area contributed by atoms with Crippen molar-refractivity contribution in [2.75, 3.05) is 26.2 Å². The Morgan fingerprint density at radius 2 is 1.83 bits per heavy atom. The predicted octanol–water partition coefficient (Wildman–Crippen LogP) is 3.24. The third-order valence-corrected chi connectivity index (χ3v) is 4.90. The summed E-state index contributed by atoms with van der Waals surface area (Å²) in [6.45, 7) is 4.03. The largest absolute Gasteiger partial charge is 0.506 e. The van der Waals surface area contributed by atoms with Crippen LogP contribution in [0, 0.1) is 17.2 Å². The molecular weight excluding hydrogens is 333 g/mol. The van der Waals surface area contributed by atoms with E-state index in [1.54, 1.807) is 6.07 Å². The molecule has 0 radical (unpaired) electrons. The maximum absolute atomic E-state index is 10.5. The van der Waals surface area contributed by atoms with Gasteiger partial charge >= 0.3 is 0 Å². The van der Waals surface area contributed by atoms with Gasteiger partial charge in [-0.15, -0.1) is 24.8 Å². The number of rotatable bonds is 3. The summed E-state index contributed by atoms with van der Waals surface area (Å²) < 4.78 is 0. The zero-order valence-corrected chi connectivity index (χ0v) is 14.8. The summed E-state index contributed by atoms with van der Waals surface area (Å²) in [5, 5.41) is 23.0. The lowest BCUT2D eigenvalue weighted by molar-refractivity contribution is 0.123. The second-order valence-corrected chi connectivity index (χ2v) is 6.13. The van der Waals surface area contributed by atoms with Gasteiger partial charge in [-0.05, 0) is 24.8 Å². The highest BCUT2D eigenvalue weighted by Crippen LogP contribution is 2.43. The molecule has 23 heavy (non-hydrogen) atoms. The Bertz CT molecular complexity index is 535. The number of phenols is 1. The average Bonchev–Trinajstić information content (AvgIpc) is 3.04. The van der Waals surface area contributed by atoms with E-state index in [2.05, 4.69) is 16.3 Å². The van der Waals surface area contributed by atoms with Gasteiger partial charge in [0.2, 0.25) is 0 Å². The lowest BCUT2D eigenvalue weighted by atomic mass is 9.88. The fourth-order valence-corrected chi connectivity index (χ4v) is 3.87. The molecule has 4 nitrogen and oxygen atoms in total. The normalized spacial score (nSPS) is 20.1. The van der Waals surface area contributed by atoms with E-state index in [1.807, 2.05) is 12.1 Å². The number of phenolic OH excluding ortho intramolecular Hbond substituents is 1. The highest BCUT2D eigenvalue weighted by atomic mass is 35.5. The molecule has 1 aliphatic carbocycles. The molecule has 0 bridgehead atoms. The molecule has 6 heteroatoms. The van der Waals surface area contributed by atoms with Crippen molar-refractivity contribution in [3.05, 3.63) is 29.3 Å². The lowest BCUT2D eigenvalue weighted by Gasteiger charge is -2.39. The molecule has 0 aromatic heterocycles. The SMILES string of the molecule is Cl.Cl.N#Cc1cccc([C@H](C2CCCC2)N2CCNCC2)c1O. The van der Waals surface area contributed by atoms with Gasteiger partial charge < -0.3 is 10.4 Å². The second kappa shape index (κ2) is 9.34. The number of nitrogens with zero attached hydrogens (tertiary/aromatic N) is 2. The summed E-state index contributed by atoms with van der Waals surface area (Å²) in [6, 6.07) is 7.95. The molecule has 128 valence electrons. The Labute approximate surface area is 150 Å². The number of aromatic hydroxyl groups is 1. The van der Waals surface area contributed by atoms with E-state index < -0.39 is 0 Å². The first-order chi connectivity index (χ1) is 10.3. The molecule has 1 saturated heterocycles. The van der Waals surface area contributed by atoms with E-state index in [-0.39, 0.29) is 36.6 Å². The van der Waals surface area contributed by atoms with Gasteiger partial charge in [-0.25, -0.2) is 0 Å². The molecule has 1 aromatic carbocycles. The zero-order chi connectivity index (χ0) is 14.7. The van der Waals surface area contributed by atoms with Gasteiger partial charge in [0.1, 0.15) is 11.8 Å². The summed E-state index contributed by atoms with van der Waals surface area (Å²) in [6.07, 6.45) is 5.02. The van der Waals surface area contributed by atoms with Crippen LogP contribution in [-0.2, 0) is 0 Å². The fourth-order valence-electron chi connectivity index (χ4n) is 3.87. The van der Waals surface area contributed by atoms with Crippen LogP contribution >= 0.6 is 24.8 Å². The van der Waals surface area contributed by atoms with E-state index in [4.69, 9.17) is 5.26 Å². The van der Waals surface area contributed by atoms with E-state index in [0.29, 0.717) is 11.5 Å². The molecule has 1 aliphatic heterocycles.